The van der Waals surface area contributed by atoms with Gasteiger partial charge in [0.1, 0.15) is 12.6 Å². The van der Waals surface area contributed by atoms with E-state index < -0.39 is 30.3 Å². The Labute approximate surface area is 307 Å². The van der Waals surface area contributed by atoms with Crippen LogP contribution in [0.2, 0.25) is 0 Å². The van der Waals surface area contributed by atoms with Crippen molar-refractivity contribution in [2.24, 2.45) is 5.92 Å². The lowest BCUT2D eigenvalue weighted by Crippen LogP contribution is -2.55. The van der Waals surface area contributed by atoms with Gasteiger partial charge in [-0.1, -0.05) is 80.9 Å². The molecule has 4 atom stereocenters. The monoisotopic (exact) mass is 732 g/mol. The molecule has 1 unspecified atom stereocenters. The number of carbonyl (C=O) groups excluding carboxylic acids is 3. The van der Waals surface area contributed by atoms with Crippen LogP contribution in [-0.4, -0.2) is 69.3 Å². The summed E-state index contributed by atoms with van der Waals surface area (Å²) in [5, 5.41) is 23.7. The summed E-state index contributed by atoms with van der Waals surface area (Å²) < 4.78 is 5.43. The molecule has 0 radical (unpaired) electrons. The van der Waals surface area contributed by atoms with E-state index in [2.05, 4.69) is 20.9 Å². The van der Waals surface area contributed by atoms with Crippen LogP contribution in [0.15, 0.2) is 77.8 Å². The van der Waals surface area contributed by atoms with Gasteiger partial charge in [-0.2, -0.15) is 0 Å². The highest BCUT2D eigenvalue weighted by Crippen LogP contribution is 2.37. The van der Waals surface area contributed by atoms with E-state index in [0.717, 1.165) is 26.7 Å². The number of thiazole rings is 2. The van der Waals surface area contributed by atoms with Crippen LogP contribution in [0.5, 0.6) is 0 Å². The third-order valence-electron chi connectivity index (χ3n) is 9.09. The largest absolute Gasteiger partial charge is 0.444 e. The fraction of sp³-hybridized carbons (Fsp3) is 0.447. The van der Waals surface area contributed by atoms with E-state index in [4.69, 9.17) is 9.72 Å². The van der Waals surface area contributed by atoms with Crippen LogP contribution in [0, 0.1) is 5.92 Å². The third kappa shape index (κ3) is 11.6. The predicted octanol–water partition coefficient (Wildman–Crippen LogP) is 6.05. The molecule has 0 aliphatic heterocycles. The van der Waals surface area contributed by atoms with Crippen molar-refractivity contribution in [3.05, 3.63) is 104 Å². The Morgan fingerprint density at radius 3 is 2.25 bits per heavy atom. The molecular weight excluding hydrogens is 685 g/mol. The van der Waals surface area contributed by atoms with E-state index in [0.29, 0.717) is 25.3 Å². The summed E-state index contributed by atoms with van der Waals surface area (Å²) in [5.41, 5.74) is 4.41. The first-order chi connectivity index (χ1) is 24.6. The predicted molar refractivity (Wildman–Crippen MR) is 199 cm³/mol. The summed E-state index contributed by atoms with van der Waals surface area (Å²) in [6.45, 7) is 4.18. The molecule has 2 aromatic carbocycles. The van der Waals surface area contributed by atoms with E-state index in [1.807, 2.05) is 79.9 Å². The average molecular weight is 733 g/mol. The molecule has 4 aromatic rings. The van der Waals surface area contributed by atoms with E-state index in [1.165, 1.54) is 30.6 Å². The number of benzene rings is 2. The van der Waals surface area contributed by atoms with Gasteiger partial charge in [-0.3, -0.25) is 9.78 Å². The summed E-state index contributed by atoms with van der Waals surface area (Å²) in [4.78, 5) is 51.3. The summed E-state index contributed by atoms with van der Waals surface area (Å²) in [5.74, 6) is -0.0288. The Balaban J connectivity index is 1.25. The smallest absolute Gasteiger partial charge is 0.407 e. The molecule has 272 valence electrons. The van der Waals surface area contributed by atoms with E-state index in [-0.39, 0.29) is 30.9 Å². The third-order valence-corrected chi connectivity index (χ3v) is 10.9. The highest BCUT2D eigenvalue weighted by Gasteiger charge is 2.31. The van der Waals surface area contributed by atoms with Crippen molar-refractivity contribution < 1.29 is 24.2 Å². The molecule has 1 fully saturated rings. The average Bonchev–Trinajstić information content (AvgIpc) is 3.78. The van der Waals surface area contributed by atoms with Gasteiger partial charge in [0, 0.05) is 30.6 Å². The van der Waals surface area contributed by atoms with Crippen LogP contribution >= 0.6 is 22.7 Å². The number of rotatable bonds is 17. The van der Waals surface area contributed by atoms with Crippen molar-refractivity contribution in [2.45, 2.75) is 95.7 Å². The van der Waals surface area contributed by atoms with Crippen LogP contribution in [0.4, 0.5) is 9.59 Å². The minimum Gasteiger partial charge on any atom is -0.444 e. The van der Waals surface area contributed by atoms with Gasteiger partial charge in [0.05, 0.1) is 39.8 Å². The van der Waals surface area contributed by atoms with Crippen LogP contribution in [0.1, 0.15) is 72.2 Å². The van der Waals surface area contributed by atoms with Gasteiger partial charge in [-0.15, -0.1) is 22.7 Å². The molecule has 1 saturated carbocycles. The Morgan fingerprint density at radius 2 is 1.65 bits per heavy atom. The van der Waals surface area contributed by atoms with Crippen molar-refractivity contribution in [3.8, 4) is 0 Å². The van der Waals surface area contributed by atoms with Crippen molar-refractivity contribution in [1.82, 2.24) is 30.8 Å². The maximum absolute atomic E-state index is 13.9. The number of hydrogen-bond acceptors (Lipinski definition) is 9. The molecule has 0 saturated heterocycles. The maximum Gasteiger partial charge on any atom is 0.407 e. The number of aromatic nitrogens is 2. The molecule has 13 heteroatoms. The van der Waals surface area contributed by atoms with Crippen molar-refractivity contribution >= 4 is 40.7 Å². The van der Waals surface area contributed by atoms with Crippen molar-refractivity contribution in [2.75, 3.05) is 7.05 Å². The Hall–Kier alpha value is -4.33. The molecule has 2 aromatic heterocycles. The second-order valence-electron chi connectivity index (χ2n) is 13.5. The molecule has 11 nitrogen and oxygen atoms in total. The standard InChI is InChI=1S/C38H48N6O5S2/c1-25(2)34(43-37(47)44(3)21-30-23-50-36(41-30)28-15-10-16-28)35(46)40-29(17-26-11-6-4-7-12-26)19-33(45)32(18-27-13-8-5-9-14-27)42-38(48)49-22-31-20-39-24-51-31/h4-9,11-14,20,23-25,28-29,32-34,45H,10,15-19,21-22H2,1-3H3,(H,40,46)(H,42,48)(H,43,47)/t29-,32-,33-,34?/m0/s1. The zero-order chi connectivity index (χ0) is 36.2. The second kappa shape index (κ2) is 18.8. The number of aliphatic hydroxyl groups is 1. The molecule has 4 amide bonds. The molecule has 1 aliphatic carbocycles. The minimum atomic E-state index is -1.05. The van der Waals surface area contributed by atoms with Crippen LogP contribution < -0.4 is 16.0 Å². The van der Waals surface area contributed by atoms with Crippen LogP contribution in [-0.2, 0) is 35.5 Å². The molecule has 51 heavy (non-hydrogen) atoms. The normalized spacial score (nSPS) is 15.2. The number of amides is 4. The Kier molecular flexibility index (Phi) is 14.0. The van der Waals surface area contributed by atoms with Gasteiger partial charge >= 0.3 is 12.1 Å². The fourth-order valence-electron chi connectivity index (χ4n) is 5.96. The quantitative estimate of drug-likeness (QED) is 0.103. The Bertz CT molecular complexity index is 1670. The summed E-state index contributed by atoms with van der Waals surface area (Å²) in [6.07, 6.45) is 4.43. The SMILES string of the molecule is CC(C)C(NC(=O)N(C)Cc1csc(C2CCC2)n1)C(=O)N[C@@H](Cc1ccccc1)C[C@H](O)[C@H](Cc1ccccc1)NC(=O)OCc1cncs1. The topological polar surface area (TPSA) is 146 Å². The van der Waals surface area contributed by atoms with Gasteiger partial charge < -0.3 is 30.7 Å². The minimum absolute atomic E-state index is 0.0696. The number of nitrogens with zero attached hydrogens (tertiary/aromatic N) is 3. The number of ether oxygens (including phenoxy) is 1. The number of carbonyl (C=O) groups is 3. The first-order valence-electron chi connectivity index (χ1n) is 17.5. The summed E-state index contributed by atoms with van der Waals surface area (Å²) in [7, 11) is 1.70. The number of aliphatic hydroxyl groups excluding tert-OH is 1. The molecule has 2 heterocycles. The van der Waals surface area contributed by atoms with E-state index >= 15 is 0 Å². The van der Waals surface area contributed by atoms with Gasteiger partial charge in [0.25, 0.3) is 0 Å². The second-order valence-corrected chi connectivity index (χ2v) is 15.4. The maximum atomic E-state index is 13.9. The van der Waals surface area contributed by atoms with E-state index in [9.17, 15) is 19.5 Å². The number of hydrogen-bond donors (Lipinski definition) is 4. The summed E-state index contributed by atoms with van der Waals surface area (Å²) in [6, 6.07) is 16.9. The van der Waals surface area contributed by atoms with Gasteiger partial charge in [0.15, 0.2) is 0 Å². The molecule has 5 rings (SSSR count). The highest BCUT2D eigenvalue weighted by atomic mass is 32.1. The Morgan fingerprint density at radius 1 is 0.961 bits per heavy atom. The van der Waals surface area contributed by atoms with Crippen molar-refractivity contribution in [1.29, 1.82) is 0 Å². The van der Waals surface area contributed by atoms with Gasteiger partial charge in [-0.05, 0) is 49.1 Å². The lowest BCUT2D eigenvalue weighted by molar-refractivity contribution is -0.124. The molecular formula is C38H48N6O5S2. The van der Waals surface area contributed by atoms with Crippen LogP contribution in [0.25, 0.3) is 0 Å². The summed E-state index contributed by atoms with van der Waals surface area (Å²) >= 11 is 3.03. The zero-order valence-electron chi connectivity index (χ0n) is 29.4. The van der Waals surface area contributed by atoms with Gasteiger partial charge in [0.2, 0.25) is 5.91 Å². The lowest BCUT2D eigenvalue weighted by atomic mass is 9.86. The molecule has 0 spiro atoms. The molecule has 1 aliphatic rings. The molecule has 0 bridgehead atoms. The van der Waals surface area contributed by atoms with E-state index in [1.54, 1.807) is 35.0 Å². The fourth-order valence-corrected chi connectivity index (χ4v) is 7.45. The molecule has 4 N–H and O–H groups in total. The number of urea groups is 1. The first kappa shape index (κ1) is 37.9. The zero-order valence-corrected chi connectivity index (χ0v) is 31.0. The lowest BCUT2D eigenvalue weighted by Gasteiger charge is -2.30. The van der Waals surface area contributed by atoms with Crippen LogP contribution in [0.3, 0.4) is 0 Å². The van der Waals surface area contributed by atoms with Gasteiger partial charge in [-0.25, -0.2) is 14.6 Å². The number of alkyl carbamates (subject to hydrolysis) is 1. The van der Waals surface area contributed by atoms with Crippen molar-refractivity contribution in [3.63, 3.8) is 0 Å². The first-order valence-corrected chi connectivity index (χ1v) is 19.2. The highest BCUT2D eigenvalue weighted by molar-refractivity contribution is 7.09. The number of nitrogens with one attached hydrogen (secondary N) is 3.